The van der Waals surface area contributed by atoms with Gasteiger partial charge in [0.05, 0.1) is 0 Å². The van der Waals surface area contributed by atoms with Gasteiger partial charge in [-0.2, -0.15) is 10.2 Å². The molecule has 0 spiro atoms. The molecule has 0 saturated carbocycles. The molecule has 2 nitrogen and oxygen atoms in total. The second-order valence-corrected chi connectivity index (χ2v) is 1.88. The Morgan fingerprint density at radius 2 is 1.88 bits per heavy atom. The van der Waals surface area contributed by atoms with Crippen LogP contribution in [0.5, 0.6) is 0 Å². The fourth-order valence-electron chi connectivity index (χ4n) is 0.238. The Balaban J connectivity index is 3.34. The molecule has 0 fully saturated rings. The molecule has 0 aromatic heterocycles. The topological polar surface area (TPSA) is 24.7 Å². The van der Waals surface area contributed by atoms with Crippen LogP contribution in [-0.2, 0) is 0 Å². The van der Waals surface area contributed by atoms with Crippen molar-refractivity contribution in [3.63, 3.8) is 0 Å². The Bertz CT molecular complexity index is 92.7. The Kier molecular flexibility index (Phi) is 4.13. The predicted octanol–water partition coefficient (Wildman–Crippen LogP) is 1.72. The monoisotopic (exact) mass is 112 g/mol. The van der Waals surface area contributed by atoms with Gasteiger partial charge in [-0.1, -0.05) is 13.8 Å². The van der Waals surface area contributed by atoms with Gasteiger partial charge >= 0.3 is 0 Å². The van der Waals surface area contributed by atoms with Crippen LogP contribution in [0.15, 0.2) is 10.2 Å². The lowest BCUT2D eigenvalue weighted by Crippen LogP contribution is -1.84. The highest BCUT2D eigenvalue weighted by atomic mass is 15.2. The summed E-state index contributed by atoms with van der Waals surface area (Å²) in [5.74, 6) is 0.499. The fraction of sp³-hybridized carbons (Fsp3) is 0.667. The van der Waals surface area contributed by atoms with Crippen molar-refractivity contribution in [2.24, 2.45) is 16.1 Å². The first-order valence-electron chi connectivity index (χ1n) is 2.78. The van der Waals surface area contributed by atoms with Crippen molar-refractivity contribution < 1.29 is 0 Å². The first kappa shape index (κ1) is 7.34. The van der Waals surface area contributed by atoms with Gasteiger partial charge in [0.2, 0.25) is 0 Å². The quantitative estimate of drug-likeness (QED) is 0.384. The average Bonchev–Trinajstić information content (AvgIpc) is 1.66. The summed E-state index contributed by atoms with van der Waals surface area (Å²) in [4.78, 5) is 0. The molecule has 0 aromatic carbocycles. The lowest BCUT2D eigenvalue weighted by atomic mass is 10.3. The smallest absolute Gasteiger partial charge is 0.0295 e. The van der Waals surface area contributed by atoms with E-state index in [1.54, 1.807) is 12.4 Å². The predicted molar refractivity (Wildman–Crippen MR) is 37.5 cm³/mol. The zero-order chi connectivity index (χ0) is 6.41. The van der Waals surface area contributed by atoms with E-state index in [-0.39, 0.29) is 0 Å². The van der Waals surface area contributed by atoms with Crippen LogP contribution < -0.4 is 0 Å². The van der Waals surface area contributed by atoms with Gasteiger partial charge in [0, 0.05) is 12.4 Å². The molecule has 0 heterocycles. The molecule has 0 radical (unpaired) electrons. The van der Waals surface area contributed by atoms with E-state index in [1.165, 1.54) is 0 Å². The summed E-state index contributed by atoms with van der Waals surface area (Å²) in [6.07, 6.45) is 3.47. The first-order valence-corrected chi connectivity index (χ1v) is 2.78. The Morgan fingerprint density at radius 1 is 1.25 bits per heavy atom. The molecule has 0 atom stereocenters. The molecule has 2 heteroatoms. The summed E-state index contributed by atoms with van der Waals surface area (Å²) >= 11 is 0. The standard InChI is InChI=1S/C6H12N2/c1-4-7-8-5-6(2)3/h4-6H,1-3H3. The number of hydrogen-bond donors (Lipinski definition) is 0. The third-order valence-corrected chi connectivity index (χ3v) is 0.547. The molecule has 0 unspecified atom stereocenters. The van der Waals surface area contributed by atoms with Gasteiger partial charge in [-0.3, -0.25) is 0 Å². The Morgan fingerprint density at radius 3 is 2.25 bits per heavy atom. The van der Waals surface area contributed by atoms with Crippen LogP contribution in [-0.4, -0.2) is 12.4 Å². The lowest BCUT2D eigenvalue weighted by molar-refractivity contribution is 0.900. The normalized spacial score (nSPS) is 12.5. The Labute approximate surface area is 50.3 Å². The highest BCUT2D eigenvalue weighted by Crippen LogP contribution is 1.83. The summed E-state index contributed by atoms with van der Waals surface area (Å²) in [5, 5.41) is 7.39. The summed E-state index contributed by atoms with van der Waals surface area (Å²) in [7, 11) is 0. The summed E-state index contributed by atoms with van der Waals surface area (Å²) in [6.45, 7) is 5.97. The van der Waals surface area contributed by atoms with Gasteiger partial charge in [-0.05, 0) is 12.8 Å². The van der Waals surface area contributed by atoms with Crippen molar-refractivity contribution in [3.8, 4) is 0 Å². The molecule has 0 amide bonds. The van der Waals surface area contributed by atoms with E-state index in [0.717, 1.165) is 0 Å². The number of rotatable bonds is 2. The van der Waals surface area contributed by atoms with Crippen LogP contribution in [0.25, 0.3) is 0 Å². The van der Waals surface area contributed by atoms with Crippen molar-refractivity contribution in [1.29, 1.82) is 0 Å². The highest BCUT2D eigenvalue weighted by molar-refractivity contribution is 5.61. The minimum Gasteiger partial charge on any atom is -0.164 e. The van der Waals surface area contributed by atoms with E-state index in [2.05, 4.69) is 24.1 Å². The van der Waals surface area contributed by atoms with Crippen LogP contribution in [0.2, 0.25) is 0 Å². The van der Waals surface area contributed by atoms with Gasteiger partial charge in [0.15, 0.2) is 0 Å². The van der Waals surface area contributed by atoms with Crippen molar-refractivity contribution in [2.75, 3.05) is 0 Å². The molecular weight excluding hydrogens is 100 g/mol. The zero-order valence-electron chi connectivity index (χ0n) is 5.63. The Hall–Kier alpha value is -0.660. The zero-order valence-corrected chi connectivity index (χ0v) is 5.63. The number of hydrogen-bond acceptors (Lipinski definition) is 2. The summed E-state index contributed by atoms with van der Waals surface area (Å²) in [5.41, 5.74) is 0. The molecule has 0 aliphatic carbocycles. The second-order valence-electron chi connectivity index (χ2n) is 1.88. The molecule has 0 N–H and O–H groups in total. The van der Waals surface area contributed by atoms with E-state index in [4.69, 9.17) is 0 Å². The molecule has 8 heavy (non-hydrogen) atoms. The molecular formula is C6H12N2. The minimum atomic E-state index is 0.499. The molecule has 0 aliphatic heterocycles. The van der Waals surface area contributed by atoms with E-state index in [9.17, 15) is 0 Å². The minimum absolute atomic E-state index is 0.499. The highest BCUT2D eigenvalue weighted by Gasteiger charge is 1.80. The van der Waals surface area contributed by atoms with Gasteiger partial charge in [0.25, 0.3) is 0 Å². The maximum Gasteiger partial charge on any atom is 0.0295 e. The maximum absolute atomic E-state index is 3.73. The van der Waals surface area contributed by atoms with Crippen LogP contribution >= 0.6 is 0 Å². The van der Waals surface area contributed by atoms with E-state index in [0.29, 0.717) is 5.92 Å². The van der Waals surface area contributed by atoms with E-state index < -0.39 is 0 Å². The first-order chi connectivity index (χ1) is 3.77. The van der Waals surface area contributed by atoms with Gasteiger partial charge < -0.3 is 0 Å². The van der Waals surface area contributed by atoms with Crippen LogP contribution in [0, 0.1) is 5.92 Å². The lowest BCUT2D eigenvalue weighted by Gasteiger charge is -1.86. The largest absolute Gasteiger partial charge is 0.164 e. The summed E-state index contributed by atoms with van der Waals surface area (Å²) in [6, 6.07) is 0. The van der Waals surface area contributed by atoms with Crippen molar-refractivity contribution in [1.82, 2.24) is 0 Å². The molecule has 0 bridgehead atoms. The summed E-state index contributed by atoms with van der Waals surface area (Å²) < 4.78 is 0. The van der Waals surface area contributed by atoms with E-state index >= 15 is 0 Å². The van der Waals surface area contributed by atoms with Gasteiger partial charge in [-0.25, -0.2) is 0 Å². The van der Waals surface area contributed by atoms with Crippen molar-refractivity contribution in [2.45, 2.75) is 20.8 Å². The maximum atomic E-state index is 3.73. The third-order valence-electron chi connectivity index (χ3n) is 0.547. The molecule has 46 valence electrons. The van der Waals surface area contributed by atoms with Gasteiger partial charge in [0.1, 0.15) is 0 Å². The van der Waals surface area contributed by atoms with E-state index in [1.807, 2.05) is 6.92 Å². The fourth-order valence-corrected chi connectivity index (χ4v) is 0.238. The SMILES string of the molecule is CC=NN=CC(C)C. The van der Waals surface area contributed by atoms with Crippen LogP contribution in [0.1, 0.15) is 20.8 Å². The molecule has 0 aliphatic rings. The van der Waals surface area contributed by atoms with Gasteiger partial charge in [-0.15, -0.1) is 0 Å². The third kappa shape index (κ3) is 5.34. The van der Waals surface area contributed by atoms with Crippen LogP contribution in [0.3, 0.4) is 0 Å². The molecule has 0 rings (SSSR count). The average molecular weight is 112 g/mol. The molecule has 0 aromatic rings. The molecule has 0 saturated heterocycles. The number of nitrogens with zero attached hydrogens (tertiary/aromatic N) is 2. The van der Waals surface area contributed by atoms with Crippen LogP contribution in [0.4, 0.5) is 0 Å². The van der Waals surface area contributed by atoms with Crippen molar-refractivity contribution >= 4 is 12.4 Å². The second kappa shape index (κ2) is 4.50. The van der Waals surface area contributed by atoms with Crippen molar-refractivity contribution in [3.05, 3.63) is 0 Å².